The summed E-state index contributed by atoms with van der Waals surface area (Å²) in [6.45, 7) is 0. The van der Waals surface area contributed by atoms with Crippen LogP contribution in [0.3, 0.4) is 0 Å². The fraction of sp³-hybridized carbons (Fsp3) is 0. The predicted octanol–water partition coefficient (Wildman–Crippen LogP) is 3.07. The van der Waals surface area contributed by atoms with E-state index in [0.717, 1.165) is 16.6 Å². The number of fused-ring (bicyclic) bond motifs is 1. The quantitative estimate of drug-likeness (QED) is 0.630. The van der Waals surface area contributed by atoms with Crippen LogP contribution in [0.5, 0.6) is 0 Å². The highest BCUT2D eigenvalue weighted by atomic mass is 16.2. The van der Waals surface area contributed by atoms with Crippen LogP contribution in [0.25, 0.3) is 16.6 Å². The number of anilines is 1. The molecule has 2 aromatic carbocycles. The molecule has 6 nitrogen and oxygen atoms in total. The third kappa shape index (κ3) is 2.72. The summed E-state index contributed by atoms with van der Waals surface area (Å²) < 4.78 is 0. The summed E-state index contributed by atoms with van der Waals surface area (Å²) in [5, 5.41) is 12.1. The SMILES string of the molecule is O=C(Nc1ccc2ncccc2c1)c1cnn(-c2ccccc2)n1. The second-order valence-corrected chi connectivity index (χ2v) is 5.22. The average Bonchev–Trinajstić information content (AvgIpc) is 3.13. The maximum Gasteiger partial charge on any atom is 0.277 e. The first-order valence-electron chi connectivity index (χ1n) is 7.43. The lowest BCUT2D eigenvalue weighted by atomic mass is 10.2. The number of carbonyl (C=O) groups excluding carboxylic acids is 1. The molecular weight excluding hydrogens is 302 g/mol. The van der Waals surface area contributed by atoms with Crippen molar-refractivity contribution in [2.75, 3.05) is 5.32 Å². The molecule has 0 aliphatic heterocycles. The predicted molar refractivity (Wildman–Crippen MR) is 91.1 cm³/mol. The van der Waals surface area contributed by atoms with Gasteiger partial charge in [0.1, 0.15) is 0 Å². The minimum atomic E-state index is -0.305. The number of pyridine rings is 1. The Morgan fingerprint density at radius 3 is 2.75 bits per heavy atom. The zero-order valence-electron chi connectivity index (χ0n) is 12.6. The number of para-hydroxylation sites is 1. The highest BCUT2D eigenvalue weighted by Gasteiger charge is 2.12. The van der Waals surface area contributed by atoms with Crippen LogP contribution in [-0.4, -0.2) is 25.9 Å². The second-order valence-electron chi connectivity index (χ2n) is 5.22. The van der Waals surface area contributed by atoms with Gasteiger partial charge < -0.3 is 5.32 Å². The molecule has 6 heteroatoms. The first-order chi connectivity index (χ1) is 11.8. The monoisotopic (exact) mass is 315 g/mol. The van der Waals surface area contributed by atoms with Crippen molar-refractivity contribution in [1.29, 1.82) is 0 Å². The fourth-order valence-electron chi connectivity index (χ4n) is 2.40. The molecule has 0 bridgehead atoms. The Bertz CT molecular complexity index is 1010. The van der Waals surface area contributed by atoms with E-state index in [2.05, 4.69) is 20.5 Å². The first-order valence-corrected chi connectivity index (χ1v) is 7.43. The van der Waals surface area contributed by atoms with E-state index in [4.69, 9.17) is 0 Å². The molecule has 0 atom stereocenters. The third-order valence-corrected chi connectivity index (χ3v) is 3.57. The van der Waals surface area contributed by atoms with Crippen LogP contribution >= 0.6 is 0 Å². The van der Waals surface area contributed by atoms with E-state index in [1.54, 1.807) is 6.20 Å². The van der Waals surface area contributed by atoms with Crippen molar-refractivity contribution in [2.24, 2.45) is 0 Å². The summed E-state index contributed by atoms with van der Waals surface area (Å²) in [6, 6.07) is 18.8. The Labute approximate surface area is 137 Å². The molecule has 1 amide bonds. The molecule has 0 spiro atoms. The van der Waals surface area contributed by atoms with Gasteiger partial charge in [-0.25, -0.2) is 0 Å². The van der Waals surface area contributed by atoms with Crippen LogP contribution in [0.1, 0.15) is 10.5 Å². The molecule has 4 aromatic rings. The number of aromatic nitrogens is 4. The summed E-state index contributed by atoms with van der Waals surface area (Å²) in [7, 11) is 0. The maximum atomic E-state index is 12.4. The Morgan fingerprint density at radius 2 is 1.88 bits per heavy atom. The highest BCUT2D eigenvalue weighted by molar-refractivity contribution is 6.03. The molecule has 0 radical (unpaired) electrons. The van der Waals surface area contributed by atoms with Gasteiger partial charge in [-0.05, 0) is 36.4 Å². The van der Waals surface area contributed by atoms with Gasteiger partial charge in [0.05, 0.1) is 17.4 Å². The Kier molecular flexibility index (Phi) is 3.47. The van der Waals surface area contributed by atoms with Crippen molar-refractivity contribution in [1.82, 2.24) is 20.0 Å². The van der Waals surface area contributed by atoms with Gasteiger partial charge in [-0.1, -0.05) is 24.3 Å². The zero-order valence-corrected chi connectivity index (χ0v) is 12.6. The van der Waals surface area contributed by atoms with Crippen molar-refractivity contribution in [2.45, 2.75) is 0 Å². The van der Waals surface area contributed by atoms with E-state index < -0.39 is 0 Å². The molecule has 24 heavy (non-hydrogen) atoms. The topological polar surface area (TPSA) is 72.7 Å². The highest BCUT2D eigenvalue weighted by Crippen LogP contribution is 2.17. The van der Waals surface area contributed by atoms with E-state index in [1.807, 2.05) is 60.7 Å². The summed E-state index contributed by atoms with van der Waals surface area (Å²) >= 11 is 0. The van der Waals surface area contributed by atoms with Crippen molar-refractivity contribution in [3.8, 4) is 5.69 Å². The fourth-order valence-corrected chi connectivity index (χ4v) is 2.40. The molecule has 2 heterocycles. The molecule has 0 saturated carbocycles. The molecule has 0 aliphatic carbocycles. The van der Waals surface area contributed by atoms with E-state index in [1.165, 1.54) is 11.0 Å². The maximum absolute atomic E-state index is 12.4. The van der Waals surface area contributed by atoms with Gasteiger partial charge in [0.25, 0.3) is 5.91 Å². The van der Waals surface area contributed by atoms with Gasteiger partial charge in [0.2, 0.25) is 0 Å². The minimum Gasteiger partial charge on any atom is -0.321 e. The number of rotatable bonds is 3. The van der Waals surface area contributed by atoms with Gasteiger partial charge in [0, 0.05) is 17.3 Å². The number of carbonyl (C=O) groups is 1. The summed E-state index contributed by atoms with van der Waals surface area (Å²) in [4.78, 5) is 18.0. The van der Waals surface area contributed by atoms with Gasteiger partial charge in [0.15, 0.2) is 5.69 Å². The molecule has 0 unspecified atom stereocenters. The number of amides is 1. The number of nitrogens with zero attached hydrogens (tertiary/aromatic N) is 4. The van der Waals surface area contributed by atoms with Gasteiger partial charge in [-0.15, -0.1) is 5.10 Å². The molecule has 1 N–H and O–H groups in total. The summed E-state index contributed by atoms with van der Waals surface area (Å²) in [6.07, 6.45) is 3.19. The summed E-state index contributed by atoms with van der Waals surface area (Å²) in [5.74, 6) is -0.305. The lowest BCUT2D eigenvalue weighted by Crippen LogP contribution is -2.13. The van der Waals surface area contributed by atoms with Gasteiger partial charge >= 0.3 is 0 Å². The van der Waals surface area contributed by atoms with E-state index in [9.17, 15) is 4.79 Å². The lowest BCUT2D eigenvalue weighted by molar-refractivity contribution is 0.102. The van der Waals surface area contributed by atoms with Crippen LogP contribution in [0.15, 0.2) is 73.1 Å². The van der Waals surface area contributed by atoms with Gasteiger partial charge in [-0.3, -0.25) is 9.78 Å². The van der Waals surface area contributed by atoms with Crippen LogP contribution in [0.4, 0.5) is 5.69 Å². The summed E-state index contributed by atoms with van der Waals surface area (Å²) in [5.41, 5.74) is 2.62. The smallest absolute Gasteiger partial charge is 0.277 e. The standard InChI is InChI=1S/C18H13N5O/c24-18(17-12-20-23(22-17)15-6-2-1-3-7-15)21-14-8-9-16-13(11-14)5-4-10-19-16/h1-12H,(H,21,24). The van der Waals surface area contributed by atoms with E-state index >= 15 is 0 Å². The van der Waals surface area contributed by atoms with Crippen molar-refractivity contribution >= 4 is 22.5 Å². The minimum absolute atomic E-state index is 0.255. The second kappa shape index (κ2) is 5.92. The van der Waals surface area contributed by atoms with Crippen LogP contribution in [-0.2, 0) is 0 Å². The first kappa shape index (κ1) is 14.1. The van der Waals surface area contributed by atoms with Crippen molar-refractivity contribution in [3.05, 3.63) is 78.8 Å². The molecule has 0 aliphatic rings. The molecular formula is C18H13N5O. The number of hydrogen-bond donors (Lipinski definition) is 1. The normalized spacial score (nSPS) is 10.7. The number of benzene rings is 2. The molecule has 0 saturated heterocycles. The Morgan fingerprint density at radius 1 is 1.00 bits per heavy atom. The zero-order chi connectivity index (χ0) is 16.4. The van der Waals surface area contributed by atoms with Crippen molar-refractivity contribution in [3.63, 3.8) is 0 Å². The van der Waals surface area contributed by atoms with Crippen LogP contribution in [0.2, 0.25) is 0 Å². The van der Waals surface area contributed by atoms with Crippen LogP contribution < -0.4 is 5.32 Å². The van der Waals surface area contributed by atoms with E-state index in [0.29, 0.717) is 5.69 Å². The van der Waals surface area contributed by atoms with Crippen molar-refractivity contribution < 1.29 is 4.79 Å². The Hall–Kier alpha value is -3.54. The largest absolute Gasteiger partial charge is 0.321 e. The van der Waals surface area contributed by atoms with Gasteiger partial charge in [-0.2, -0.15) is 9.90 Å². The van der Waals surface area contributed by atoms with E-state index in [-0.39, 0.29) is 11.6 Å². The Balaban J connectivity index is 1.56. The number of nitrogens with one attached hydrogen (secondary N) is 1. The van der Waals surface area contributed by atoms with Crippen LogP contribution in [0, 0.1) is 0 Å². The molecule has 116 valence electrons. The lowest BCUT2D eigenvalue weighted by Gasteiger charge is -2.04. The molecule has 4 rings (SSSR count). The average molecular weight is 315 g/mol. The molecule has 0 fully saturated rings. The molecule has 2 aromatic heterocycles. The number of hydrogen-bond acceptors (Lipinski definition) is 4. The third-order valence-electron chi connectivity index (χ3n) is 3.57.